The molecular formula is C17H38O6Si2. The molecule has 0 bridgehead atoms. The van der Waals surface area contributed by atoms with Crippen molar-refractivity contribution in [1.29, 1.82) is 0 Å². The first-order chi connectivity index (χ1) is 10.8. The van der Waals surface area contributed by atoms with Crippen molar-refractivity contribution in [3.8, 4) is 0 Å². The first-order valence-electron chi connectivity index (χ1n) is 8.74. The number of hydrogen-bond acceptors (Lipinski definition) is 5. The summed E-state index contributed by atoms with van der Waals surface area (Å²) < 4.78 is 12.0. The molecule has 0 fully saturated rings. The molecule has 0 radical (unpaired) electrons. The highest BCUT2D eigenvalue weighted by Gasteiger charge is 2.45. The molecule has 3 N–H and O–H groups in total. The quantitative estimate of drug-likeness (QED) is 0.547. The van der Waals surface area contributed by atoms with Gasteiger partial charge in [0.15, 0.2) is 22.7 Å². The summed E-state index contributed by atoms with van der Waals surface area (Å²) in [7, 11) is -4.48. The van der Waals surface area contributed by atoms with E-state index >= 15 is 0 Å². The normalized spacial score (nSPS) is 17.9. The zero-order valence-corrected chi connectivity index (χ0v) is 19.5. The zero-order valence-electron chi connectivity index (χ0n) is 17.5. The molecule has 0 aromatic carbocycles. The molecule has 0 aliphatic rings. The van der Waals surface area contributed by atoms with Crippen molar-refractivity contribution >= 4 is 22.6 Å². The average molecular weight is 395 g/mol. The van der Waals surface area contributed by atoms with Gasteiger partial charge in [0.25, 0.3) is 0 Å². The van der Waals surface area contributed by atoms with Crippen LogP contribution in [0.2, 0.25) is 36.3 Å². The van der Waals surface area contributed by atoms with Crippen LogP contribution in [0.3, 0.4) is 0 Å². The Morgan fingerprint density at radius 3 is 1.64 bits per heavy atom. The third-order valence-electron chi connectivity index (χ3n) is 5.60. The monoisotopic (exact) mass is 394 g/mol. The van der Waals surface area contributed by atoms with Gasteiger partial charge in [0.2, 0.25) is 0 Å². The number of carbonyl (C=O) groups is 1. The van der Waals surface area contributed by atoms with Gasteiger partial charge < -0.3 is 24.2 Å². The molecule has 0 unspecified atom stereocenters. The fraction of sp³-hybridized carbons (Fsp3) is 0.941. The number of hydrogen-bond donors (Lipinski definition) is 3. The molecule has 0 aromatic heterocycles. The van der Waals surface area contributed by atoms with Crippen LogP contribution in [0.1, 0.15) is 41.5 Å². The van der Waals surface area contributed by atoms with Crippen LogP contribution in [0, 0.1) is 0 Å². The minimum atomic E-state index is -2.38. The molecule has 0 aliphatic carbocycles. The van der Waals surface area contributed by atoms with Gasteiger partial charge in [0.05, 0.1) is 6.61 Å². The van der Waals surface area contributed by atoms with Crippen LogP contribution in [0.25, 0.3) is 0 Å². The molecule has 0 aliphatic heterocycles. The van der Waals surface area contributed by atoms with Gasteiger partial charge in [-0.25, -0.2) is 4.79 Å². The standard InChI is InChI=1S/C17H38O6Si2/c1-16(2,3)24(7,8)22-11-12(18)14(13(19)15(20)21)23-25(9,10)17(4,5)6/h12-14,18-19H,11H2,1-10H3,(H,20,21)/t12-,13-,14-/m1/s1. The molecule has 6 nitrogen and oxygen atoms in total. The molecule has 0 saturated heterocycles. The molecule has 0 heterocycles. The number of carboxylic acid groups (broad SMARTS) is 1. The first kappa shape index (κ1) is 24.7. The number of aliphatic hydroxyl groups is 2. The fourth-order valence-electron chi connectivity index (χ4n) is 1.62. The Bertz CT molecular complexity index is 451. The minimum Gasteiger partial charge on any atom is -0.479 e. The first-order valence-corrected chi connectivity index (χ1v) is 14.6. The predicted molar refractivity (Wildman–Crippen MR) is 105 cm³/mol. The fourth-order valence-corrected chi connectivity index (χ4v) is 3.96. The highest BCUT2D eigenvalue weighted by atomic mass is 28.4. The molecule has 0 rings (SSSR count). The Morgan fingerprint density at radius 2 is 1.32 bits per heavy atom. The number of rotatable bonds is 8. The summed E-state index contributed by atoms with van der Waals surface area (Å²) in [6.45, 7) is 20.3. The Kier molecular flexibility index (Phi) is 8.10. The second-order valence-electron chi connectivity index (χ2n) is 9.76. The Labute approximate surface area is 154 Å². The number of carboxylic acids is 1. The predicted octanol–water partition coefficient (Wildman–Crippen LogP) is 3.21. The molecule has 25 heavy (non-hydrogen) atoms. The summed E-state index contributed by atoms with van der Waals surface area (Å²) in [5.41, 5.74) is 0. The smallest absolute Gasteiger partial charge is 0.335 e. The summed E-state index contributed by atoms with van der Waals surface area (Å²) in [6.07, 6.45) is -4.23. The summed E-state index contributed by atoms with van der Waals surface area (Å²) in [5.74, 6) is -1.41. The van der Waals surface area contributed by atoms with Crippen molar-refractivity contribution in [1.82, 2.24) is 0 Å². The Balaban J connectivity index is 5.34. The van der Waals surface area contributed by atoms with Crippen LogP contribution in [-0.2, 0) is 13.6 Å². The zero-order chi connectivity index (χ0) is 20.4. The lowest BCUT2D eigenvalue weighted by molar-refractivity contribution is -0.157. The topological polar surface area (TPSA) is 96.2 Å². The third kappa shape index (κ3) is 6.76. The average Bonchev–Trinajstić information content (AvgIpc) is 2.38. The molecule has 0 saturated carbocycles. The van der Waals surface area contributed by atoms with E-state index in [1.807, 2.05) is 33.9 Å². The van der Waals surface area contributed by atoms with Crippen molar-refractivity contribution in [2.75, 3.05) is 6.61 Å². The summed E-state index contributed by atoms with van der Waals surface area (Å²) in [5, 5.41) is 29.6. The van der Waals surface area contributed by atoms with Gasteiger partial charge in [-0.1, -0.05) is 41.5 Å². The van der Waals surface area contributed by atoms with E-state index in [9.17, 15) is 20.1 Å². The van der Waals surface area contributed by atoms with Crippen molar-refractivity contribution < 1.29 is 29.0 Å². The number of aliphatic hydroxyl groups excluding tert-OH is 2. The molecule has 0 aromatic rings. The van der Waals surface area contributed by atoms with Crippen LogP contribution in [0.4, 0.5) is 0 Å². The second kappa shape index (κ2) is 8.18. The molecule has 0 spiro atoms. The van der Waals surface area contributed by atoms with Gasteiger partial charge in [0.1, 0.15) is 12.2 Å². The molecule has 150 valence electrons. The summed E-state index contributed by atoms with van der Waals surface area (Å²) in [6, 6.07) is 0. The van der Waals surface area contributed by atoms with Gasteiger partial charge in [-0.3, -0.25) is 0 Å². The van der Waals surface area contributed by atoms with Crippen LogP contribution in [-0.4, -0.2) is 62.8 Å². The van der Waals surface area contributed by atoms with E-state index in [-0.39, 0.29) is 16.7 Å². The van der Waals surface area contributed by atoms with E-state index in [1.54, 1.807) is 0 Å². The third-order valence-corrected chi connectivity index (χ3v) is 14.6. The van der Waals surface area contributed by atoms with E-state index in [2.05, 4.69) is 33.9 Å². The highest BCUT2D eigenvalue weighted by molar-refractivity contribution is 6.74. The van der Waals surface area contributed by atoms with E-state index in [0.29, 0.717) is 0 Å². The lowest BCUT2D eigenvalue weighted by Crippen LogP contribution is -2.55. The molecule has 8 heteroatoms. The largest absolute Gasteiger partial charge is 0.479 e. The van der Waals surface area contributed by atoms with Crippen molar-refractivity contribution in [2.45, 2.75) is 96.1 Å². The Hall–Kier alpha value is -0.256. The SMILES string of the molecule is CC(C)(C)[Si](C)(C)OC[C@@H](O)[C@@H](O[Si](C)(C)C(C)(C)C)[C@@H](O)C(=O)O. The maximum Gasteiger partial charge on any atom is 0.335 e. The molecular weight excluding hydrogens is 356 g/mol. The van der Waals surface area contributed by atoms with Gasteiger partial charge in [-0.2, -0.15) is 0 Å². The summed E-state index contributed by atoms with van der Waals surface area (Å²) in [4.78, 5) is 11.3. The lowest BCUT2D eigenvalue weighted by atomic mass is 10.1. The van der Waals surface area contributed by atoms with Crippen molar-refractivity contribution in [3.63, 3.8) is 0 Å². The van der Waals surface area contributed by atoms with Gasteiger partial charge in [-0.15, -0.1) is 0 Å². The number of aliphatic carboxylic acids is 1. The van der Waals surface area contributed by atoms with E-state index in [4.69, 9.17) is 8.85 Å². The van der Waals surface area contributed by atoms with Gasteiger partial charge >= 0.3 is 5.97 Å². The van der Waals surface area contributed by atoms with Crippen molar-refractivity contribution in [2.24, 2.45) is 0 Å². The van der Waals surface area contributed by atoms with Crippen LogP contribution in [0.5, 0.6) is 0 Å². The van der Waals surface area contributed by atoms with Crippen LogP contribution in [0.15, 0.2) is 0 Å². The van der Waals surface area contributed by atoms with E-state index < -0.39 is 40.9 Å². The highest BCUT2D eigenvalue weighted by Crippen LogP contribution is 2.39. The molecule has 3 atom stereocenters. The Morgan fingerprint density at radius 1 is 0.920 bits per heavy atom. The van der Waals surface area contributed by atoms with E-state index in [0.717, 1.165) is 0 Å². The minimum absolute atomic E-state index is 0.0338. The van der Waals surface area contributed by atoms with Gasteiger partial charge in [-0.05, 0) is 36.3 Å². The van der Waals surface area contributed by atoms with E-state index in [1.165, 1.54) is 0 Å². The maximum atomic E-state index is 11.3. The van der Waals surface area contributed by atoms with Gasteiger partial charge in [0, 0.05) is 0 Å². The molecule has 0 amide bonds. The van der Waals surface area contributed by atoms with Crippen LogP contribution < -0.4 is 0 Å². The summed E-state index contributed by atoms with van der Waals surface area (Å²) >= 11 is 0. The lowest BCUT2D eigenvalue weighted by Gasteiger charge is -2.42. The second-order valence-corrected chi connectivity index (χ2v) is 19.3. The van der Waals surface area contributed by atoms with Crippen LogP contribution >= 0.6 is 0 Å². The van der Waals surface area contributed by atoms with Crippen molar-refractivity contribution in [3.05, 3.63) is 0 Å². The maximum absolute atomic E-state index is 11.3.